The maximum absolute atomic E-state index is 13.4. The first kappa shape index (κ1) is 20.2. The van der Waals surface area contributed by atoms with Crippen molar-refractivity contribution >= 4 is 5.91 Å². The molecule has 3 N–H and O–H groups in total. The number of hydrogen-bond donors (Lipinski definition) is 3. The quantitative estimate of drug-likeness (QED) is 0.428. The molecule has 0 aliphatic heterocycles. The molecule has 0 spiro atoms. The van der Waals surface area contributed by atoms with E-state index in [1.54, 1.807) is 24.5 Å². The molecule has 4 rings (SSSR count). The highest BCUT2D eigenvalue weighted by Gasteiger charge is 2.28. The topological polar surface area (TPSA) is 102 Å². The van der Waals surface area contributed by atoms with Gasteiger partial charge < -0.3 is 20.1 Å². The molecule has 0 aliphatic carbocycles. The monoisotopic (exact) mass is 414 g/mol. The molecule has 0 bridgehead atoms. The number of rotatable bonds is 7. The molecule has 1 amide bonds. The highest BCUT2D eigenvalue weighted by molar-refractivity contribution is 5.99. The van der Waals surface area contributed by atoms with Crippen LogP contribution < -0.4 is 0 Å². The molecule has 0 saturated heterocycles. The minimum atomic E-state index is -0.512. The summed E-state index contributed by atoms with van der Waals surface area (Å²) >= 11 is 0. The van der Waals surface area contributed by atoms with E-state index in [4.69, 9.17) is 0 Å². The van der Waals surface area contributed by atoms with E-state index in [2.05, 4.69) is 15.0 Å². The molecule has 0 radical (unpaired) electrons. The largest absolute Gasteiger partial charge is 0.505 e. The van der Waals surface area contributed by atoms with E-state index >= 15 is 0 Å². The Balaban J connectivity index is 1.64. The number of aromatic amines is 1. The molecular formula is C24H22N4O3. The number of benzene rings is 1. The van der Waals surface area contributed by atoms with Crippen molar-refractivity contribution in [2.45, 2.75) is 19.5 Å². The normalized spacial score (nSPS) is 10.7. The third-order valence-corrected chi connectivity index (χ3v) is 4.91. The van der Waals surface area contributed by atoms with Crippen LogP contribution in [0.4, 0.5) is 0 Å². The van der Waals surface area contributed by atoms with Crippen LogP contribution in [0.5, 0.6) is 11.6 Å². The van der Waals surface area contributed by atoms with Crippen molar-refractivity contribution in [3.8, 4) is 11.6 Å². The first-order chi connectivity index (χ1) is 15.1. The lowest BCUT2D eigenvalue weighted by Crippen LogP contribution is -2.30. The third-order valence-electron chi connectivity index (χ3n) is 4.91. The molecule has 156 valence electrons. The Morgan fingerprint density at radius 1 is 0.839 bits per heavy atom. The van der Waals surface area contributed by atoms with Gasteiger partial charge in [0, 0.05) is 18.8 Å². The van der Waals surface area contributed by atoms with Crippen LogP contribution in [0.15, 0.2) is 79.1 Å². The Morgan fingerprint density at radius 3 is 1.97 bits per heavy atom. The van der Waals surface area contributed by atoms with Gasteiger partial charge in [-0.25, -0.2) is 0 Å². The Bertz CT molecular complexity index is 1100. The number of nitrogens with one attached hydrogen (secondary N) is 1. The fraction of sp³-hybridized carbons (Fsp3) is 0.125. The molecule has 31 heavy (non-hydrogen) atoms. The number of carbonyl (C=O) groups excluding carboxylic acids is 1. The number of pyridine rings is 2. The zero-order chi connectivity index (χ0) is 21.6. The number of hydrogen-bond acceptors (Lipinski definition) is 5. The highest BCUT2D eigenvalue weighted by Crippen LogP contribution is 2.33. The van der Waals surface area contributed by atoms with Crippen LogP contribution in [0.1, 0.15) is 33.0 Å². The predicted octanol–water partition coefficient (Wildman–Crippen LogP) is 3.65. The van der Waals surface area contributed by atoms with Crippen LogP contribution in [0.2, 0.25) is 0 Å². The number of nitrogens with zero attached hydrogens (tertiary/aromatic N) is 3. The van der Waals surface area contributed by atoms with Crippen LogP contribution in [-0.4, -0.2) is 36.0 Å². The molecule has 0 atom stereocenters. The number of H-pyrrole nitrogens is 1. The van der Waals surface area contributed by atoms with E-state index in [1.165, 1.54) is 4.90 Å². The van der Waals surface area contributed by atoms with E-state index < -0.39 is 5.91 Å². The standard InChI is InChI=1S/C24H22N4O3/c29-22-20(14-17-8-2-1-3-9-17)27-23(30)21(22)24(31)28(15-18-10-4-6-12-25-18)16-19-11-5-7-13-26-19/h1-13,27,29-30H,14-16H2. The lowest BCUT2D eigenvalue weighted by molar-refractivity contribution is 0.0719. The Morgan fingerprint density at radius 2 is 1.42 bits per heavy atom. The first-order valence-electron chi connectivity index (χ1n) is 9.87. The van der Waals surface area contributed by atoms with Gasteiger partial charge >= 0.3 is 0 Å². The maximum Gasteiger partial charge on any atom is 0.263 e. The summed E-state index contributed by atoms with van der Waals surface area (Å²) in [6.07, 6.45) is 3.66. The lowest BCUT2D eigenvalue weighted by Gasteiger charge is -2.22. The zero-order valence-corrected chi connectivity index (χ0v) is 16.8. The fourth-order valence-corrected chi connectivity index (χ4v) is 3.39. The summed E-state index contributed by atoms with van der Waals surface area (Å²) < 4.78 is 0. The van der Waals surface area contributed by atoms with Gasteiger partial charge in [-0.1, -0.05) is 42.5 Å². The van der Waals surface area contributed by atoms with Crippen molar-refractivity contribution < 1.29 is 15.0 Å². The van der Waals surface area contributed by atoms with Gasteiger partial charge in [0.15, 0.2) is 5.75 Å². The van der Waals surface area contributed by atoms with E-state index in [1.807, 2.05) is 54.6 Å². The molecular weight excluding hydrogens is 392 g/mol. The maximum atomic E-state index is 13.4. The zero-order valence-electron chi connectivity index (χ0n) is 16.8. The van der Waals surface area contributed by atoms with Gasteiger partial charge in [0.25, 0.3) is 5.91 Å². The van der Waals surface area contributed by atoms with Crippen molar-refractivity contribution in [2.75, 3.05) is 0 Å². The fourth-order valence-electron chi connectivity index (χ4n) is 3.39. The number of carbonyl (C=O) groups is 1. The Labute approximate surface area is 179 Å². The van der Waals surface area contributed by atoms with Crippen LogP contribution in [0.25, 0.3) is 0 Å². The minimum absolute atomic E-state index is 0.155. The molecule has 4 aromatic rings. The lowest BCUT2D eigenvalue weighted by atomic mass is 10.1. The van der Waals surface area contributed by atoms with Crippen molar-refractivity contribution in [1.29, 1.82) is 0 Å². The molecule has 3 aromatic heterocycles. The Kier molecular flexibility index (Phi) is 5.93. The molecule has 0 saturated carbocycles. The summed E-state index contributed by atoms with van der Waals surface area (Å²) in [4.78, 5) is 26.2. The number of aromatic nitrogens is 3. The summed E-state index contributed by atoms with van der Waals surface area (Å²) in [7, 11) is 0. The van der Waals surface area contributed by atoms with Crippen molar-refractivity contribution in [2.24, 2.45) is 0 Å². The molecule has 1 aromatic carbocycles. The van der Waals surface area contributed by atoms with E-state index in [-0.39, 0.29) is 30.3 Å². The van der Waals surface area contributed by atoms with Crippen LogP contribution in [0.3, 0.4) is 0 Å². The summed E-state index contributed by atoms with van der Waals surface area (Å²) in [5, 5.41) is 21.2. The minimum Gasteiger partial charge on any atom is -0.505 e. The van der Waals surface area contributed by atoms with E-state index in [9.17, 15) is 15.0 Å². The van der Waals surface area contributed by atoms with E-state index in [0.29, 0.717) is 23.5 Å². The van der Waals surface area contributed by atoms with Crippen LogP contribution >= 0.6 is 0 Å². The number of amides is 1. The van der Waals surface area contributed by atoms with Gasteiger partial charge in [0.05, 0.1) is 30.2 Å². The van der Waals surface area contributed by atoms with Gasteiger partial charge in [-0.05, 0) is 29.8 Å². The van der Waals surface area contributed by atoms with Crippen molar-refractivity contribution in [3.05, 3.63) is 107 Å². The highest BCUT2D eigenvalue weighted by atomic mass is 16.3. The second kappa shape index (κ2) is 9.13. The summed E-state index contributed by atoms with van der Waals surface area (Å²) in [5.74, 6) is -1.12. The van der Waals surface area contributed by atoms with Crippen LogP contribution in [0, 0.1) is 0 Å². The molecule has 0 fully saturated rings. The molecule has 7 nitrogen and oxygen atoms in total. The SMILES string of the molecule is O=C(c1c(O)[nH]c(Cc2ccccc2)c1O)N(Cc1ccccn1)Cc1ccccn1. The molecule has 0 unspecified atom stereocenters. The second-order valence-electron chi connectivity index (χ2n) is 7.14. The van der Waals surface area contributed by atoms with Crippen molar-refractivity contribution in [3.63, 3.8) is 0 Å². The van der Waals surface area contributed by atoms with Gasteiger partial charge in [0.1, 0.15) is 5.56 Å². The van der Waals surface area contributed by atoms with E-state index in [0.717, 1.165) is 5.56 Å². The van der Waals surface area contributed by atoms with Crippen LogP contribution in [-0.2, 0) is 19.5 Å². The smallest absolute Gasteiger partial charge is 0.263 e. The Hall–Kier alpha value is -4.13. The van der Waals surface area contributed by atoms with Gasteiger partial charge in [-0.2, -0.15) is 0 Å². The average molecular weight is 414 g/mol. The molecule has 0 aliphatic rings. The summed E-state index contributed by atoms with van der Waals surface area (Å²) in [5.41, 5.74) is 2.54. The average Bonchev–Trinajstić information content (AvgIpc) is 3.07. The number of aromatic hydroxyl groups is 2. The van der Waals surface area contributed by atoms with Gasteiger partial charge in [-0.3, -0.25) is 14.8 Å². The summed E-state index contributed by atoms with van der Waals surface area (Å²) in [6.45, 7) is 0.405. The molecule has 7 heteroatoms. The third kappa shape index (κ3) is 4.72. The van der Waals surface area contributed by atoms with Gasteiger partial charge in [0.2, 0.25) is 5.88 Å². The van der Waals surface area contributed by atoms with Gasteiger partial charge in [-0.15, -0.1) is 0 Å². The molecule has 3 heterocycles. The summed E-state index contributed by atoms with van der Waals surface area (Å²) in [6, 6.07) is 20.4. The second-order valence-corrected chi connectivity index (χ2v) is 7.14. The first-order valence-corrected chi connectivity index (χ1v) is 9.87. The predicted molar refractivity (Wildman–Crippen MR) is 115 cm³/mol. The van der Waals surface area contributed by atoms with Crippen molar-refractivity contribution in [1.82, 2.24) is 19.9 Å².